The summed E-state index contributed by atoms with van der Waals surface area (Å²) in [5.74, 6) is 0.216. The monoisotopic (exact) mass is 438 g/mol. The predicted molar refractivity (Wildman–Crippen MR) is 124 cm³/mol. The van der Waals surface area contributed by atoms with Crippen LogP contribution in [0, 0.1) is 6.92 Å². The number of carbonyl (C=O) groups excluding carboxylic acids is 1. The summed E-state index contributed by atoms with van der Waals surface area (Å²) in [6.07, 6.45) is 1.48. The van der Waals surface area contributed by atoms with E-state index in [2.05, 4.69) is 43.2 Å². The van der Waals surface area contributed by atoms with Crippen LogP contribution in [0.1, 0.15) is 36.7 Å². The molecule has 0 saturated heterocycles. The SMILES string of the molecule is CONC(=O)c1ccc(C)c(-n2cnc3ccc(OCCN(C)C(C)(C)C)cc3c2=O)c1. The molecule has 170 valence electrons. The number of aryl methyl sites for hydroxylation is 1. The lowest BCUT2D eigenvalue weighted by atomic mass is 10.1. The molecule has 3 rings (SSSR count). The molecule has 1 amide bonds. The van der Waals surface area contributed by atoms with Gasteiger partial charge in [0.25, 0.3) is 11.5 Å². The van der Waals surface area contributed by atoms with E-state index in [1.807, 2.05) is 13.0 Å². The Balaban J connectivity index is 1.92. The van der Waals surface area contributed by atoms with Gasteiger partial charge in [-0.05, 0) is 70.6 Å². The lowest BCUT2D eigenvalue weighted by Crippen LogP contribution is -2.40. The molecule has 8 heteroatoms. The van der Waals surface area contributed by atoms with Gasteiger partial charge in [0.05, 0.1) is 23.7 Å². The summed E-state index contributed by atoms with van der Waals surface area (Å²) in [5, 5.41) is 0.445. The Hall–Kier alpha value is -3.23. The van der Waals surface area contributed by atoms with Crippen molar-refractivity contribution in [2.45, 2.75) is 33.2 Å². The van der Waals surface area contributed by atoms with Crippen LogP contribution < -0.4 is 15.8 Å². The van der Waals surface area contributed by atoms with E-state index in [9.17, 15) is 9.59 Å². The number of carbonyl (C=O) groups is 1. The molecule has 1 heterocycles. The van der Waals surface area contributed by atoms with Gasteiger partial charge < -0.3 is 4.74 Å². The van der Waals surface area contributed by atoms with E-state index in [-0.39, 0.29) is 11.1 Å². The lowest BCUT2D eigenvalue weighted by molar-refractivity contribution is 0.0537. The van der Waals surface area contributed by atoms with Crippen LogP contribution in [0.5, 0.6) is 5.75 Å². The molecule has 32 heavy (non-hydrogen) atoms. The van der Waals surface area contributed by atoms with Gasteiger partial charge in [-0.2, -0.15) is 0 Å². The topological polar surface area (TPSA) is 85.7 Å². The maximum Gasteiger partial charge on any atom is 0.274 e. The fraction of sp³-hybridized carbons (Fsp3) is 0.375. The van der Waals surface area contributed by atoms with Gasteiger partial charge in [-0.15, -0.1) is 0 Å². The fourth-order valence-electron chi connectivity index (χ4n) is 3.16. The number of hydrogen-bond acceptors (Lipinski definition) is 6. The van der Waals surface area contributed by atoms with Gasteiger partial charge in [-0.3, -0.25) is 23.9 Å². The number of nitrogens with zero attached hydrogens (tertiary/aromatic N) is 3. The Morgan fingerprint density at radius 1 is 1.19 bits per heavy atom. The number of amides is 1. The number of benzene rings is 2. The Morgan fingerprint density at radius 3 is 2.62 bits per heavy atom. The molecule has 0 spiro atoms. The molecule has 0 saturated carbocycles. The third kappa shape index (κ3) is 5.15. The van der Waals surface area contributed by atoms with Crippen LogP contribution in [0.3, 0.4) is 0 Å². The maximum atomic E-state index is 13.3. The van der Waals surface area contributed by atoms with E-state index >= 15 is 0 Å². The zero-order valence-electron chi connectivity index (χ0n) is 19.4. The van der Waals surface area contributed by atoms with Crippen molar-refractivity contribution in [3.63, 3.8) is 0 Å². The minimum atomic E-state index is -0.397. The normalized spacial score (nSPS) is 11.7. The van der Waals surface area contributed by atoms with Crippen LogP contribution in [0.25, 0.3) is 16.6 Å². The largest absolute Gasteiger partial charge is 0.492 e. The van der Waals surface area contributed by atoms with Crippen molar-refractivity contribution in [3.05, 3.63) is 64.2 Å². The molecule has 0 atom stereocenters. The zero-order valence-corrected chi connectivity index (χ0v) is 19.4. The first-order valence-corrected chi connectivity index (χ1v) is 10.4. The van der Waals surface area contributed by atoms with Crippen molar-refractivity contribution >= 4 is 16.8 Å². The van der Waals surface area contributed by atoms with Gasteiger partial charge in [-0.1, -0.05) is 6.07 Å². The highest BCUT2D eigenvalue weighted by Crippen LogP contribution is 2.20. The number of aromatic nitrogens is 2. The number of hydroxylamine groups is 1. The number of fused-ring (bicyclic) bond motifs is 1. The molecule has 0 aliphatic heterocycles. The summed E-state index contributed by atoms with van der Waals surface area (Å²) < 4.78 is 7.34. The highest BCUT2D eigenvalue weighted by atomic mass is 16.6. The van der Waals surface area contributed by atoms with E-state index in [0.29, 0.717) is 34.5 Å². The number of likely N-dealkylation sites (N-methyl/N-ethyl adjacent to an activating group) is 1. The van der Waals surface area contributed by atoms with Crippen molar-refractivity contribution in [2.24, 2.45) is 0 Å². The third-order valence-electron chi connectivity index (χ3n) is 5.50. The highest BCUT2D eigenvalue weighted by molar-refractivity contribution is 5.94. The Kier molecular flexibility index (Phi) is 6.96. The standard InChI is InChI=1S/C24H30N4O4/c1-16-7-8-17(22(29)26-31-6)13-21(16)28-15-25-20-10-9-18(14-19(20)23(28)30)32-12-11-27(5)24(2,3)4/h7-10,13-15H,11-12H2,1-6H3,(H,26,29). The molecule has 3 aromatic rings. The minimum Gasteiger partial charge on any atom is -0.492 e. The van der Waals surface area contributed by atoms with Crippen molar-refractivity contribution in [2.75, 3.05) is 27.3 Å². The van der Waals surface area contributed by atoms with Crippen LogP contribution in [0.4, 0.5) is 0 Å². The molecular weight excluding hydrogens is 408 g/mol. The lowest BCUT2D eigenvalue weighted by Gasteiger charge is -2.31. The molecule has 2 aromatic carbocycles. The second-order valence-electron chi connectivity index (χ2n) is 8.68. The average Bonchev–Trinajstić information content (AvgIpc) is 2.74. The summed E-state index contributed by atoms with van der Waals surface area (Å²) in [7, 11) is 3.42. The zero-order chi connectivity index (χ0) is 23.5. The number of rotatable bonds is 7. The minimum absolute atomic E-state index is 0.0525. The van der Waals surface area contributed by atoms with Crippen molar-refractivity contribution < 1.29 is 14.4 Å². The van der Waals surface area contributed by atoms with E-state index in [1.165, 1.54) is 18.0 Å². The quantitative estimate of drug-likeness (QED) is 0.571. The molecule has 0 radical (unpaired) electrons. The van der Waals surface area contributed by atoms with E-state index < -0.39 is 5.91 Å². The molecule has 8 nitrogen and oxygen atoms in total. The summed E-state index contributed by atoms with van der Waals surface area (Å²) >= 11 is 0. The maximum absolute atomic E-state index is 13.3. The molecule has 0 bridgehead atoms. The van der Waals surface area contributed by atoms with E-state index in [4.69, 9.17) is 9.57 Å². The van der Waals surface area contributed by atoms with Crippen LogP contribution in [-0.2, 0) is 4.84 Å². The number of hydrogen-bond donors (Lipinski definition) is 1. The first-order chi connectivity index (χ1) is 15.1. The van der Waals surface area contributed by atoms with Crippen LogP contribution in [0.15, 0.2) is 47.5 Å². The van der Waals surface area contributed by atoms with Gasteiger partial charge in [0, 0.05) is 17.6 Å². The van der Waals surface area contributed by atoms with E-state index in [1.54, 1.807) is 30.3 Å². The molecule has 1 aromatic heterocycles. The second kappa shape index (κ2) is 9.50. The summed E-state index contributed by atoms with van der Waals surface area (Å²) in [4.78, 5) is 36.7. The smallest absolute Gasteiger partial charge is 0.274 e. The average molecular weight is 439 g/mol. The predicted octanol–water partition coefficient (Wildman–Crippen LogP) is 3.09. The van der Waals surface area contributed by atoms with E-state index in [0.717, 1.165) is 12.1 Å². The van der Waals surface area contributed by atoms with Crippen LogP contribution in [-0.4, -0.2) is 53.2 Å². The summed E-state index contributed by atoms with van der Waals surface area (Å²) in [6.45, 7) is 9.57. The Bertz CT molecular complexity index is 1180. The molecular formula is C24H30N4O4. The van der Waals surface area contributed by atoms with Gasteiger partial charge in [0.15, 0.2) is 0 Å². The van der Waals surface area contributed by atoms with Crippen LogP contribution >= 0.6 is 0 Å². The number of nitrogens with one attached hydrogen (secondary N) is 1. The molecule has 0 aliphatic rings. The van der Waals surface area contributed by atoms with Crippen LogP contribution in [0.2, 0.25) is 0 Å². The molecule has 0 aliphatic carbocycles. The van der Waals surface area contributed by atoms with Gasteiger partial charge in [-0.25, -0.2) is 10.5 Å². The van der Waals surface area contributed by atoms with Crippen molar-refractivity contribution in [1.29, 1.82) is 0 Å². The van der Waals surface area contributed by atoms with Crippen molar-refractivity contribution in [1.82, 2.24) is 19.9 Å². The molecule has 1 N–H and O–H groups in total. The fourth-order valence-corrected chi connectivity index (χ4v) is 3.16. The third-order valence-corrected chi connectivity index (χ3v) is 5.50. The molecule has 0 unspecified atom stereocenters. The summed E-state index contributed by atoms with van der Waals surface area (Å²) in [5.41, 5.74) is 4.47. The van der Waals surface area contributed by atoms with Gasteiger partial charge in [0.2, 0.25) is 0 Å². The first-order valence-electron chi connectivity index (χ1n) is 10.4. The Labute approximate surface area is 187 Å². The second-order valence-corrected chi connectivity index (χ2v) is 8.68. The number of ether oxygens (including phenoxy) is 1. The summed E-state index contributed by atoms with van der Waals surface area (Å²) in [6, 6.07) is 10.4. The highest BCUT2D eigenvalue weighted by Gasteiger charge is 2.17. The van der Waals surface area contributed by atoms with Gasteiger partial charge >= 0.3 is 0 Å². The van der Waals surface area contributed by atoms with Gasteiger partial charge in [0.1, 0.15) is 18.7 Å². The Morgan fingerprint density at radius 2 is 1.94 bits per heavy atom. The van der Waals surface area contributed by atoms with Crippen molar-refractivity contribution in [3.8, 4) is 11.4 Å². The molecule has 0 fully saturated rings. The first kappa shape index (κ1) is 23.4.